The van der Waals surface area contributed by atoms with Gasteiger partial charge in [-0.3, -0.25) is 0 Å². The maximum absolute atomic E-state index is 5.60. The van der Waals surface area contributed by atoms with Crippen LogP contribution in [0.2, 0.25) is 0 Å². The number of pyridine rings is 1. The summed E-state index contributed by atoms with van der Waals surface area (Å²) in [7, 11) is 0. The maximum atomic E-state index is 5.60. The number of hydrogen-bond acceptors (Lipinski definition) is 3. The van der Waals surface area contributed by atoms with Crippen molar-refractivity contribution >= 4 is 11.2 Å². The molecule has 4 nitrogen and oxygen atoms in total. The van der Waals surface area contributed by atoms with Gasteiger partial charge in [0.15, 0.2) is 0 Å². The Balaban J connectivity index is 2.73. The molecule has 62 valence electrons. The topological polar surface area (TPSA) is 69.3 Å². The van der Waals surface area contributed by atoms with E-state index in [0.29, 0.717) is 6.54 Å². The summed E-state index contributed by atoms with van der Waals surface area (Å²) < 4.78 is 1.93. The number of hydrogen-bond donors (Lipinski definition) is 2. The molecule has 2 heterocycles. The van der Waals surface area contributed by atoms with Crippen molar-refractivity contribution in [2.24, 2.45) is 5.73 Å². The zero-order valence-electron chi connectivity index (χ0n) is 6.57. The van der Waals surface area contributed by atoms with Crippen molar-refractivity contribution in [3.63, 3.8) is 0 Å². The minimum Gasteiger partial charge on any atom is -0.399 e. The molecule has 0 bridgehead atoms. The third-order valence-electron chi connectivity index (χ3n) is 1.82. The minimum absolute atomic E-state index is 0.443. The Morgan fingerprint density at radius 1 is 1.50 bits per heavy atom. The van der Waals surface area contributed by atoms with Crippen molar-refractivity contribution in [1.82, 2.24) is 9.38 Å². The Kier molecular flexibility index (Phi) is 1.48. The van der Waals surface area contributed by atoms with Crippen LogP contribution in [-0.2, 0) is 6.54 Å². The van der Waals surface area contributed by atoms with Gasteiger partial charge in [-0.1, -0.05) is 0 Å². The van der Waals surface area contributed by atoms with Crippen LogP contribution in [-0.4, -0.2) is 9.38 Å². The lowest BCUT2D eigenvalue weighted by atomic mass is 10.4. The van der Waals surface area contributed by atoms with Crippen molar-refractivity contribution in [2.45, 2.75) is 6.54 Å². The normalized spacial score (nSPS) is 10.8. The molecule has 0 fully saturated rings. The first-order chi connectivity index (χ1) is 5.81. The van der Waals surface area contributed by atoms with Crippen molar-refractivity contribution < 1.29 is 0 Å². The van der Waals surface area contributed by atoms with Gasteiger partial charge in [-0.05, 0) is 12.1 Å². The second-order valence-electron chi connectivity index (χ2n) is 2.63. The van der Waals surface area contributed by atoms with E-state index in [0.717, 1.165) is 17.0 Å². The number of anilines is 1. The van der Waals surface area contributed by atoms with Crippen molar-refractivity contribution in [3.8, 4) is 0 Å². The molecule has 0 spiro atoms. The molecule has 0 radical (unpaired) electrons. The van der Waals surface area contributed by atoms with Gasteiger partial charge in [0.05, 0.1) is 18.3 Å². The molecule has 0 amide bonds. The molecule has 12 heavy (non-hydrogen) atoms. The van der Waals surface area contributed by atoms with Crippen LogP contribution in [0.5, 0.6) is 0 Å². The van der Waals surface area contributed by atoms with E-state index in [1.54, 1.807) is 6.20 Å². The number of nitrogen functional groups attached to an aromatic ring is 1. The van der Waals surface area contributed by atoms with E-state index in [9.17, 15) is 0 Å². The Morgan fingerprint density at radius 2 is 2.33 bits per heavy atom. The lowest BCUT2D eigenvalue weighted by Gasteiger charge is -1.98. The second-order valence-corrected chi connectivity index (χ2v) is 2.63. The maximum Gasteiger partial charge on any atom is 0.127 e. The summed E-state index contributed by atoms with van der Waals surface area (Å²) in [6, 6.07) is 3.69. The number of aromatic nitrogens is 2. The van der Waals surface area contributed by atoms with Crippen molar-refractivity contribution in [2.75, 3.05) is 5.73 Å². The van der Waals surface area contributed by atoms with Gasteiger partial charge in [0, 0.05) is 11.9 Å². The molecule has 0 atom stereocenters. The molecular formula is C8H10N4. The van der Waals surface area contributed by atoms with Crippen LogP contribution in [0.1, 0.15) is 5.82 Å². The highest BCUT2D eigenvalue weighted by atomic mass is 15.0. The van der Waals surface area contributed by atoms with E-state index >= 15 is 0 Å². The van der Waals surface area contributed by atoms with Crippen molar-refractivity contribution in [3.05, 3.63) is 30.4 Å². The Labute approximate surface area is 69.8 Å². The fourth-order valence-corrected chi connectivity index (χ4v) is 1.22. The quantitative estimate of drug-likeness (QED) is 0.636. The second kappa shape index (κ2) is 2.49. The van der Waals surface area contributed by atoms with E-state index < -0.39 is 0 Å². The first-order valence-electron chi connectivity index (χ1n) is 3.73. The minimum atomic E-state index is 0.443. The van der Waals surface area contributed by atoms with Gasteiger partial charge in [-0.15, -0.1) is 0 Å². The molecule has 4 N–H and O–H groups in total. The highest BCUT2D eigenvalue weighted by molar-refractivity contribution is 5.55. The number of nitrogens with zero attached hydrogens (tertiary/aromatic N) is 2. The van der Waals surface area contributed by atoms with Crippen LogP contribution >= 0.6 is 0 Å². The average molecular weight is 162 g/mol. The fourth-order valence-electron chi connectivity index (χ4n) is 1.22. The highest BCUT2D eigenvalue weighted by Crippen LogP contribution is 2.10. The highest BCUT2D eigenvalue weighted by Gasteiger charge is 1.99. The van der Waals surface area contributed by atoms with Gasteiger partial charge in [-0.25, -0.2) is 4.98 Å². The molecule has 0 unspecified atom stereocenters. The molecule has 2 aromatic rings. The van der Waals surface area contributed by atoms with Crippen LogP contribution in [0.3, 0.4) is 0 Å². The molecule has 0 aromatic carbocycles. The molecule has 4 heteroatoms. The predicted molar refractivity (Wildman–Crippen MR) is 47.5 cm³/mol. The number of fused-ring (bicyclic) bond motifs is 1. The van der Waals surface area contributed by atoms with Gasteiger partial charge in [-0.2, -0.15) is 0 Å². The Bertz CT molecular complexity index is 404. The lowest BCUT2D eigenvalue weighted by molar-refractivity contribution is 0.904. The van der Waals surface area contributed by atoms with E-state index in [4.69, 9.17) is 11.5 Å². The first kappa shape index (κ1) is 7.12. The van der Waals surface area contributed by atoms with Gasteiger partial charge in [0.2, 0.25) is 0 Å². The molecule has 0 saturated heterocycles. The zero-order valence-corrected chi connectivity index (χ0v) is 6.57. The first-order valence-corrected chi connectivity index (χ1v) is 3.73. The molecule has 0 aliphatic carbocycles. The van der Waals surface area contributed by atoms with Crippen LogP contribution in [0.25, 0.3) is 5.52 Å². The summed E-state index contributed by atoms with van der Waals surface area (Å²) in [5.74, 6) is 0.852. The molecule has 2 rings (SSSR count). The zero-order chi connectivity index (χ0) is 8.55. The fraction of sp³-hybridized carbons (Fsp3) is 0.125. The molecule has 0 aliphatic rings. The van der Waals surface area contributed by atoms with E-state index in [2.05, 4.69) is 4.98 Å². The number of rotatable bonds is 1. The van der Waals surface area contributed by atoms with Gasteiger partial charge < -0.3 is 15.9 Å². The Morgan fingerprint density at radius 3 is 3.08 bits per heavy atom. The molecule has 2 aromatic heterocycles. The summed E-state index contributed by atoms with van der Waals surface area (Å²) in [5.41, 5.74) is 12.8. The molecular weight excluding hydrogens is 152 g/mol. The van der Waals surface area contributed by atoms with Crippen LogP contribution in [0.15, 0.2) is 24.5 Å². The van der Waals surface area contributed by atoms with E-state index in [1.165, 1.54) is 0 Å². The monoisotopic (exact) mass is 162 g/mol. The number of nitrogens with two attached hydrogens (primary N) is 2. The average Bonchev–Trinajstić information content (AvgIpc) is 2.46. The van der Waals surface area contributed by atoms with E-state index in [-0.39, 0.29) is 0 Å². The number of imidazole rings is 1. The summed E-state index contributed by atoms with van der Waals surface area (Å²) >= 11 is 0. The summed E-state index contributed by atoms with van der Waals surface area (Å²) in [6.07, 6.45) is 3.64. The third-order valence-corrected chi connectivity index (χ3v) is 1.82. The largest absolute Gasteiger partial charge is 0.399 e. The van der Waals surface area contributed by atoms with Crippen LogP contribution in [0.4, 0.5) is 5.69 Å². The summed E-state index contributed by atoms with van der Waals surface area (Å²) in [5, 5.41) is 0. The SMILES string of the molecule is NCc1ncc2cc(N)ccn12. The predicted octanol–water partition coefficient (Wildman–Crippen LogP) is 0.375. The van der Waals surface area contributed by atoms with Gasteiger partial charge >= 0.3 is 0 Å². The van der Waals surface area contributed by atoms with Gasteiger partial charge in [0.1, 0.15) is 5.82 Å². The van der Waals surface area contributed by atoms with Crippen LogP contribution < -0.4 is 11.5 Å². The summed E-state index contributed by atoms with van der Waals surface area (Å²) in [4.78, 5) is 4.14. The molecule has 0 aliphatic heterocycles. The standard InChI is InChI=1S/C8H10N4/c9-4-8-11-5-7-3-6(10)1-2-12(7)8/h1-3,5H,4,9-10H2. The smallest absolute Gasteiger partial charge is 0.127 e. The van der Waals surface area contributed by atoms with Gasteiger partial charge in [0.25, 0.3) is 0 Å². The lowest BCUT2D eigenvalue weighted by Crippen LogP contribution is -2.02. The third kappa shape index (κ3) is 0.931. The summed E-state index contributed by atoms with van der Waals surface area (Å²) in [6.45, 7) is 0.443. The Hall–Kier alpha value is -1.55. The molecule has 0 saturated carbocycles. The van der Waals surface area contributed by atoms with E-state index in [1.807, 2.05) is 22.7 Å². The van der Waals surface area contributed by atoms with Crippen LogP contribution in [0, 0.1) is 0 Å². The van der Waals surface area contributed by atoms with Crippen molar-refractivity contribution in [1.29, 1.82) is 0 Å².